The Balaban J connectivity index is 2.26. The maximum atomic E-state index is 10.2. The molecule has 7 heavy (non-hydrogen) atoms. The molecule has 0 amide bonds. The number of carbonyl (C=O) groups is 1. The van der Waals surface area contributed by atoms with E-state index < -0.39 is 12.4 Å². The molecule has 0 bridgehead atoms. The standard InChI is InChI=1S/C3H10Ge3O/c7-3-6-2-1-4-5-6/h3,6H,1-2,4-5H2. The van der Waals surface area contributed by atoms with Crippen LogP contribution in [0.5, 0.6) is 0 Å². The predicted molar refractivity (Wildman–Crippen MR) is 40.6 cm³/mol. The van der Waals surface area contributed by atoms with Gasteiger partial charge in [-0.3, -0.25) is 0 Å². The molecular weight excluding hydrogens is 270 g/mol. The van der Waals surface area contributed by atoms with Crippen molar-refractivity contribution in [1.82, 2.24) is 0 Å². The second kappa shape index (κ2) is 3.35. The molecule has 0 saturated carbocycles. The zero-order valence-corrected chi connectivity index (χ0v) is 12.7. The van der Waals surface area contributed by atoms with Crippen molar-refractivity contribution in [3.63, 3.8) is 0 Å². The topological polar surface area (TPSA) is 17.1 Å². The molecule has 0 N–H and O–H groups in total. The van der Waals surface area contributed by atoms with Gasteiger partial charge < -0.3 is 0 Å². The second-order valence-corrected chi connectivity index (χ2v) is 69.5. The van der Waals surface area contributed by atoms with Gasteiger partial charge in [0.05, 0.1) is 0 Å². The van der Waals surface area contributed by atoms with Crippen LogP contribution in [0, 0.1) is 0 Å². The minimum atomic E-state index is -0.875. The van der Waals surface area contributed by atoms with Gasteiger partial charge in [-0.1, -0.05) is 0 Å². The van der Waals surface area contributed by atoms with Crippen LogP contribution in [0.4, 0.5) is 0 Å². The van der Waals surface area contributed by atoms with Crippen LogP contribution in [0.1, 0.15) is 0 Å². The van der Waals surface area contributed by atoms with E-state index in [-0.39, 0.29) is 25.0 Å². The van der Waals surface area contributed by atoms with Crippen molar-refractivity contribution in [1.29, 1.82) is 0 Å². The summed E-state index contributed by atoms with van der Waals surface area (Å²) < 4.78 is 0. The van der Waals surface area contributed by atoms with Gasteiger partial charge in [-0.25, -0.2) is 0 Å². The molecule has 1 saturated heterocycles. The molecule has 40 valence electrons. The molecule has 1 nitrogen and oxygen atoms in total. The van der Waals surface area contributed by atoms with E-state index in [1.165, 1.54) is 10.4 Å². The summed E-state index contributed by atoms with van der Waals surface area (Å²) in [6, 6.07) is 0. The van der Waals surface area contributed by atoms with Crippen molar-refractivity contribution in [2.24, 2.45) is 0 Å². The quantitative estimate of drug-likeness (QED) is 0.408. The van der Waals surface area contributed by atoms with E-state index >= 15 is 0 Å². The first-order chi connectivity index (χ1) is 3.43. The Kier molecular flexibility index (Phi) is 3.07. The van der Waals surface area contributed by atoms with Crippen molar-refractivity contribution >= 4 is 42.5 Å². The van der Waals surface area contributed by atoms with Crippen LogP contribution in [0.15, 0.2) is 0 Å². The minimum absolute atomic E-state index is 0.0955. The molecule has 0 radical (unpaired) electrons. The monoisotopic (exact) mass is 284 g/mol. The summed E-state index contributed by atoms with van der Waals surface area (Å²) in [5.41, 5.74) is 0. The van der Waals surface area contributed by atoms with Crippen LogP contribution in [0.25, 0.3) is 0 Å². The number of hydrogen-bond donors (Lipinski definition) is 0. The van der Waals surface area contributed by atoms with Gasteiger partial charge in [-0.2, -0.15) is 0 Å². The number of hydrogen-bond acceptors (Lipinski definition) is 1. The van der Waals surface area contributed by atoms with E-state index in [9.17, 15) is 4.79 Å². The van der Waals surface area contributed by atoms with Gasteiger partial charge in [0.15, 0.2) is 0 Å². The van der Waals surface area contributed by atoms with Crippen molar-refractivity contribution in [3.8, 4) is 0 Å². The van der Waals surface area contributed by atoms with E-state index in [2.05, 4.69) is 0 Å². The number of rotatable bonds is 1. The van der Waals surface area contributed by atoms with Crippen LogP contribution in [-0.4, -0.2) is 42.5 Å². The molecule has 0 aromatic heterocycles. The van der Waals surface area contributed by atoms with E-state index in [4.69, 9.17) is 0 Å². The Morgan fingerprint density at radius 3 is 2.86 bits per heavy atom. The molecule has 4 heteroatoms. The molecule has 0 aromatic rings. The van der Waals surface area contributed by atoms with E-state index in [0.29, 0.717) is 0 Å². The second-order valence-electron chi connectivity index (χ2n) is 2.18. The van der Waals surface area contributed by atoms with E-state index in [1.54, 1.807) is 5.25 Å². The summed E-state index contributed by atoms with van der Waals surface area (Å²) in [5.74, 6) is 0. The first-order valence-electron chi connectivity index (χ1n) is 2.89. The molecule has 0 aromatic carbocycles. The van der Waals surface area contributed by atoms with Gasteiger partial charge in [0.25, 0.3) is 0 Å². The molecule has 1 unspecified atom stereocenters. The third-order valence-corrected chi connectivity index (χ3v) is 102. The summed E-state index contributed by atoms with van der Waals surface area (Å²) in [6.07, 6.45) is 0. The average Bonchev–Trinajstić information content (AvgIpc) is 2.14. The van der Waals surface area contributed by atoms with Gasteiger partial charge in [0.1, 0.15) is 0 Å². The van der Waals surface area contributed by atoms with Crippen LogP contribution in [0.3, 0.4) is 0 Å². The van der Waals surface area contributed by atoms with Gasteiger partial charge in [0.2, 0.25) is 0 Å². The zero-order valence-electron chi connectivity index (χ0n) is 4.39. The van der Waals surface area contributed by atoms with Gasteiger partial charge >= 0.3 is 57.8 Å². The van der Waals surface area contributed by atoms with Crippen LogP contribution < -0.4 is 0 Å². The van der Waals surface area contributed by atoms with Crippen LogP contribution in [0.2, 0.25) is 10.5 Å². The van der Waals surface area contributed by atoms with E-state index in [1.807, 2.05) is 0 Å². The van der Waals surface area contributed by atoms with Crippen molar-refractivity contribution in [2.45, 2.75) is 10.5 Å². The van der Waals surface area contributed by atoms with Crippen LogP contribution in [-0.2, 0) is 4.79 Å². The SMILES string of the molecule is O=[CH][GeH]1[CH2][CH2][GeH2][GeH2]1. The van der Waals surface area contributed by atoms with Crippen molar-refractivity contribution in [3.05, 3.63) is 0 Å². The summed E-state index contributed by atoms with van der Waals surface area (Å²) in [6.45, 7) is 0. The maximum absolute atomic E-state index is 10.2. The molecule has 1 atom stereocenters. The Bertz CT molecular complexity index is 68.6. The molecule has 1 aliphatic heterocycles. The molecule has 1 rings (SSSR count). The van der Waals surface area contributed by atoms with Gasteiger partial charge in [-0.05, 0) is 0 Å². The predicted octanol–water partition coefficient (Wildman–Crippen LogP) is -1.83. The molecular formula is C3H10Ge3O. The first-order valence-corrected chi connectivity index (χ1v) is 31.7. The average molecular weight is 280 g/mol. The fourth-order valence-corrected chi connectivity index (χ4v) is 131. The molecule has 0 spiro atoms. The van der Waals surface area contributed by atoms with Gasteiger partial charge in [0, 0.05) is 0 Å². The van der Waals surface area contributed by atoms with E-state index in [0.717, 1.165) is 0 Å². The molecule has 1 heterocycles. The first kappa shape index (κ1) is 6.42. The summed E-state index contributed by atoms with van der Waals surface area (Å²) in [4.78, 5) is 10.2. The number of carbonyl (C=O) groups excluding carboxylic acids is 1. The van der Waals surface area contributed by atoms with Gasteiger partial charge in [-0.15, -0.1) is 0 Å². The Morgan fingerprint density at radius 1 is 1.71 bits per heavy atom. The molecule has 1 fully saturated rings. The fourth-order valence-electron chi connectivity index (χ4n) is 1.09. The third kappa shape index (κ3) is 1.93. The van der Waals surface area contributed by atoms with Crippen molar-refractivity contribution in [2.75, 3.05) is 0 Å². The molecule has 0 aliphatic carbocycles. The Morgan fingerprint density at radius 2 is 2.57 bits per heavy atom. The summed E-state index contributed by atoms with van der Waals surface area (Å²) in [5, 5.41) is 4.53. The fraction of sp³-hybridized carbons (Fsp3) is 0.667. The zero-order chi connectivity index (χ0) is 5.11. The molecule has 1 aliphatic rings. The Hall–Kier alpha value is 1.30. The summed E-state index contributed by atoms with van der Waals surface area (Å²) in [7, 11) is 0. The van der Waals surface area contributed by atoms with Crippen LogP contribution >= 0.6 is 0 Å². The van der Waals surface area contributed by atoms with Crippen molar-refractivity contribution < 1.29 is 4.79 Å². The Labute approximate surface area is 57.5 Å². The third-order valence-electron chi connectivity index (χ3n) is 1.59. The normalized spacial score (nSPS) is 37.4. The summed E-state index contributed by atoms with van der Waals surface area (Å²) >= 11 is -0.610.